The van der Waals surface area contributed by atoms with Crippen LogP contribution in [0.4, 0.5) is 11.4 Å². The second-order valence-corrected chi connectivity index (χ2v) is 6.99. The maximum Gasteiger partial charge on any atom is 0.239 e. The summed E-state index contributed by atoms with van der Waals surface area (Å²) in [4.78, 5) is 11.8. The van der Waals surface area contributed by atoms with Crippen LogP contribution in [0.2, 0.25) is 0 Å². The van der Waals surface area contributed by atoms with Crippen LogP contribution in [-0.2, 0) is 14.6 Å². The van der Waals surface area contributed by atoms with Gasteiger partial charge in [0.2, 0.25) is 5.91 Å². The summed E-state index contributed by atoms with van der Waals surface area (Å²) < 4.78 is 28.5. The SMILES string of the molecule is CCCCCS(=O)(=O)CC(=O)Nc1ccc(OC)c(N)c1. The molecule has 0 aromatic heterocycles. The van der Waals surface area contributed by atoms with E-state index in [1.165, 1.54) is 13.2 Å². The molecule has 0 saturated heterocycles. The number of benzene rings is 1. The number of nitrogen functional groups attached to an aromatic ring is 1. The number of methoxy groups -OCH3 is 1. The highest BCUT2D eigenvalue weighted by atomic mass is 32.2. The third kappa shape index (κ3) is 6.03. The monoisotopic (exact) mass is 314 g/mol. The summed E-state index contributed by atoms with van der Waals surface area (Å²) in [5, 5.41) is 2.53. The standard InChI is InChI=1S/C14H22N2O4S/c1-3-4-5-8-21(18,19)10-14(17)16-11-6-7-13(20-2)12(15)9-11/h6-7,9H,3-5,8,10,15H2,1-2H3,(H,16,17). The summed E-state index contributed by atoms with van der Waals surface area (Å²) in [5.74, 6) is -0.530. The van der Waals surface area contributed by atoms with Crippen molar-refractivity contribution in [2.24, 2.45) is 0 Å². The van der Waals surface area contributed by atoms with Gasteiger partial charge in [0.05, 0.1) is 18.6 Å². The second kappa shape index (κ2) is 7.87. The number of sulfone groups is 1. The maximum absolute atomic E-state index is 11.8. The molecule has 0 aliphatic rings. The van der Waals surface area contributed by atoms with Crippen LogP contribution in [0, 0.1) is 0 Å². The maximum atomic E-state index is 11.8. The zero-order valence-corrected chi connectivity index (χ0v) is 13.2. The average molecular weight is 314 g/mol. The van der Waals surface area contributed by atoms with Gasteiger partial charge in [0.15, 0.2) is 9.84 Å². The third-order valence-electron chi connectivity index (χ3n) is 2.92. The molecule has 1 rings (SSSR count). The number of amides is 1. The molecule has 1 aromatic rings. The summed E-state index contributed by atoms with van der Waals surface area (Å²) >= 11 is 0. The Morgan fingerprint density at radius 2 is 2.05 bits per heavy atom. The summed E-state index contributed by atoms with van der Waals surface area (Å²) in [5.41, 5.74) is 6.54. The Labute approximate surface area is 125 Å². The van der Waals surface area contributed by atoms with Crippen LogP contribution in [0.3, 0.4) is 0 Å². The Morgan fingerprint density at radius 3 is 2.62 bits per heavy atom. The van der Waals surface area contributed by atoms with Crippen molar-refractivity contribution in [3.63, 3.8) is 0 Å². The van der Waals surface area contributed by atoms with Crippen molar-refractivity contribution in [1.82, 2.24) is 0 Å². The minimum Gasteiger partial charge on any atom is -0.495 e. The van der Waals surface area contributed by atoms with Crippen LogP contribution < -0.4 is 15.8 Å². The second-order valence-electron chi connectivity index (χ2n) is 4.80. The van der Waals surface area contributed by atoms with E-state index in [2.05, 4.69) is 5.32 Å². The van der Waals surface area contributed by atoms with Gasteiger partial charge in [-0.15, -0.1) is 0 Å². The van der Waals surface area contributed by atoms with Crippen molar-refractivity contribution in [3.05, 3.63) is 18.2 Å². The van der Waals surface area contributed by atoms with E-state index in [1.807, 2.05) is 6.92 Å². The van der Waals surface area contributed by atoms with Gasteiger partial charge in [-0.1, -0.05) is 19.8 Å². The molecular weight excluding hydrogens is 292 g/mol. The van der Waals surface area contributed by atoms with Crippen molar-refractivity contribution in [3.8, 4) is 5.75 Å². The molecule has 7 heteroatoms. The van der Waals surface area contributed by atoms with Crippen molar-refractivity contribution < 1.29 is 17.9 Å². The Kier molecular flexibility index (Phi) is 6.48. The number of unbranched alkanes of at least 4 members (excludes halogenated alkanes) is 2. The molecular formula is C14H22N2O4S. The summed E-state index contributed by atoms with van der Waals surface area (Å²) in [6, 6.07) is 4.75. The topological polar surface area (TPSA) is 98.5 Å². The predicted octanol–water partition coefficient (Wildman–Crippen LogP) is 1.82. The highest BCUT2D eigenvalue weighted by Gasteiger charge is 2.16. The summed E-state index contributed by atoms with van der Waals surface area (Å²) in [6.07, 6.45) is 2.37. The zero-order chi connectivity index (χ0) is 15.9. The smallest absolute Gasteiger partial charge is 0.239 e. The minimum atomic E-state index is -3.36. The van der Waals surface area contributed by atoms with E-state index in [1.54, 1.807) is 12.1 Å². The molecule has 0 spiro atoms. The molecule has 0 atom stereocenters. The predicted molar refractivity (Wildman–Crippen MR) is 84.2 cm³/mol. The van der Waals surface area contributed by atoms with Crippen molar-refractivity contribution in [1.29, 1.82) is 0 Å². The summed E-state index contributed by atoms with van der Waals surface area (Å²) in [6.45, 7) is 1.99. The third-order valence-corrected chi connectivity index (χ3v) is 4.54. The molecule has 1 amide bonds. The number of hydrogen-bond donors (Lipinski definition) is 2. The number of anilines is 2. The van der Waals surface area contributed by atoms with Gasteiger partial charge in [0, 0.05) is 5.69 Å². The first-order valence-electron chi connectivity index (χ1n) is 6.81. The number of carbonyl (C=O) groups excluding carboxylic acids is 1. The van der Waals surface area contributed by atoms with Crippen LogP contribution in [0.5, 0.6) is 5.75 Å². The molecule has 118 valence electrons. The van der Waals surface area contributed by atoms with E-state index in [4.69, 9.17) is 10.5 Å². The van der Waals surface area contributed by atoms with Crippen LogP contribution >= 0.6 is 0 Å². The Hall–Kier alpha value is -1.76. The molecule has 0 aliphatic carbocycles. The molecule has 0 heterocycles. The van der Waals surface area contributed by atoms with Gasteiger partial charge < -0.3 is 15.8 Å². The first kappa shape index (κ1) is 17.3. The molecule has 0 aliphatic heterocycles. The first-order chi connectivity index (χ1) is 9.88. The van der Waals surface area contributed by atoms with Gasteiger partial charge in [0.1, 0.15) is 11.5 Å². The summed E-state index contributed by atoms with van der Waals surface area (Å²) in [7, 11) is -1.87. The molecule has 0 unspecified atom stereocenters. The van der Waals surface area contributed by atoms with E-state index >= 15 is 0 Å². The van der Waals surface area contributed by atoms with E-state index in [0.29, 0.717) is 23.5 Å². The van der Waals surface area contributed by atoms with Gasteiger partial charge in [-0.2, -0.15) is 0 Å². The average Bonchev–Trinajstić information content (AvgIpc) is 2.38. The van der Waals surface area contributed by atoms with Gasteiger partial charge in [-0.25, -0.2) is 8.42 Å². The van der Waals surface area contributed by atoms with Crippen LogP contribution in [-0.4, -0.2) is 32.9 Å². The van der Waals surface area contributed by atoms with Gasteiger partial charge >= 0.3 is 0 Å². The van der Waals surface area contributed by atoms with Gasteiger partial charge in [-0.3, -0.25) is 4.79 Å². The first-order valence-corrected chi connectivity index (χ1v) is 8.64. The highest BCUT2D eigenvalue weighted by molar-refractivity contribution is 7.92. The molecule has 3 N–H and O–H groups in total. The Balaban J connectivity index is 2.59. The van der Waals surface area contributed by atoms with Crippen molar-refractivity contribution in [2.75, 3.05) is 29.7 Å². The fraction of sp³-hybridized carbons (Fsp3) is 0.500. The molecule has 1 aromatic carbocycles. The normalized spacial score (nSPS) is 11.1. The number of nitrogens with two attached hydrogens (primary N) is 1. The number of carbonyl (C=O) groups is 1. The fourth-order valence-corrected chi connectivity index (χ4v) is 3.11. The minimum absolute atomic E-state index is 0.0407. The Morgan fingerprint density at radius 1 is 1.33 bits per heavy atom. The van der Waals surface area contributed by atoms with Gasteiger partial charge in [0.25, 0.3) is 0 Å². The number of hydrogen-bond acceptors (Lipinski definition) is 5. The molecule has 0 fully saturated rings. The van der Waals surface area contributed by atoms with Crippen molar-refractivity contribution in [2.45, 2.75) is 26.2 Å². The van der Waals surface area contributed by atoms with Crippen LogP contribution in [0.25, 0.3) is 0 Å². The molecule has 0 radical (unpaired) electrons. The van der Waals surface area contributed by atoms with E-state index in [-0.39, 0.29) is 5.75 Å². The molecule has 0 saturated carbocycles. The highest BCUT2D eigenvalue weighted by Crippen LogP contribution is 2.24. The van der Waals surface area contributed by atoms with Crippen molar-refractivity contribution >= 4 is 27.1 Å². The Bertz CT molecular complexity index is 585. The number of rotatable bonds is 8. The van der Waals surface area contributed by atoms with Gasteiger partial charge in [-0.05, 0) is 24.6 Å². The lowest BCUT2D eigenvalue weighted by atomic mass is 10.2. The van der Waals surface area contributed by atoms with Crippen LogP contribution in [0.15, 0.2) is 18.2 Å². The van der Waals surface area contributed by atoms with Crippen LogP contribution in [0.1, 0.15) is 26.2 Å². The zero-order valence-electron chi connectivity index (χ0n) is 12.4. The lowest BCUT2D eigenvalue weighted by Gasteiger charge is -2.09. The molecule has 21 heavy (non-hydrogen) atoms. The van der Waals surface area contributed by atoms with E-state index < -0.39 is 21.5 Å². The lowest BCUT2D eigenvalue weighted by Crippen LogP contribution is -2.24. The quantitative estimate of drug-likeness (QED) is 0.563. The number of ether oxygens (including phenoxy) is 1. The fourth-order valence-electron chi connectivity index (χ4n) is 1.85. The number of nitrogens with one attached hydrogen (secondary N) is 1. The molecule has 0 bridgehead atoms. The van der Waals surface area contributed by atoms with E-state index in [0.717, 1.165) is 12.8 Å². The lowest BCUT2D eigenvalue weighted by molar-refractivity contribution is -0.113. The molecule has 6 nitrogen and oxygen atoms in total. The largest absolute Gasteiger partial charge is 0.495 e. The van der Waals surface area contributed by atoms with E-state index in [9.17, 15) is 13.2 Å².